The summed E-state index contributed by atoms with van der Waals surface area (Å²) in [6.45, 7) is 11.4. The first-order valence-corrected chi connectivity index (χ1v) is 8.22. The van der Waals surface area contributed by atoms with E-state index >= 15 is 0 Å². The highest BCUT2D eigenvalue weighted by molar-refractivity contribution is 5.79. The van der Waals surface area contributed by atoms with Crippen LogP contribution in [-0.2, 0) is 6.42 Å². The van der Waals surface area contributed by atoms with Crippen LogP contribution in [0, 0.1) is 12.8 Å². The molecule has 0 spiro atoms. The molecule has 0 unspecified atom stereocenters. The van der Waals surface area contributed by atoms with E-state index in [-0.39, 0.29) is 0 Å². The van der Waals surface area contributed by atoms with Crippen LogP contribution >= 0.6 is 0 Å². The van der Waals surface area contributed by atoms with E-state index in [1.165, 1.54) is 24.1 Å². The Morgan fingerprint density at radius 1 is 1.29 bits per heavy atom. The fourth-order valence-electron chi connectivity index (χ4n) is 2.22. The van der Waals surface area contributed by atoms with Gasteiger partial charge >= 0.3 is 0 Å². The summed E-state index contributed by atoms with van der Waals surface area (Å²) >= 11 is 0. The summed E-state index contributed by atoms with van der Waals surface area (Å²) in [6, 6.07) is 0. The molecular formula is C16H31N5. The molecule has 5 nitrogen and oxygen atoms in total. The normalized spacial score (nSPS) is 12.0. The molecule has 1 aromatic heterocycles. The fourth-order valence-corrected chi connectivity index (χ4v) is 2.22. The number of aromatic amines is 1. The minimum atomic E-state index is 0.689. The number of aryl methyl sites for hydroxylation is 2. The summed E-state index contributed by atoms with van der Waals surface area (Å²) < 4.78 is 0. The Kier molecular flexibility index (Phi) is 8.55. The van der Waals surface area contributed by atoms with Gasteiger partial charge in [0.15, 0.2) is 5.96 Å². The summed E-state index contributed by atoms with van der Waals surface area (Å²) in [6.07, 6.45) is 6.43. The van der Waals surface area contributed by atoms with E-state index in [2.05, 4.69) is 53.5 Å². The van der Waals surface area contributed by atoms with Crippen LogP contribution < -0.4 is 10.6 Å². The number of rotatable bonds is 9. The predicted octanol–water partition coefficient (Wildman–Crippen LogP) is 2.64. The van der Waals surface area contributed by atoms with Gasteiger partial charge in [-0.1, -0.05) is 26.7 Å². The molecule has 0 amide bonds. The third-order valence-corrected chi connectivity index (χ3v) is 3.86. The molecule has 5 heteroatoms. The molecule has 1 rings (SSSR count). The minimum Gasteiger partial charge on any atom is -0.357 e. The van der Waals surface area contributed by atoms with E-state index in [1.807, 2.05) is 6.20 Å². The predicted molar refractivity (Wildman–Crippen MR) is 89.7 cm³/mol. The second-order valence-corrected chi connectivity index (χ2v) is 5.45. The van der Waals surface area contributed by atoms with Gasteiger partial charge in [0.25, 0.3) is 0 Å². The molecule has 0 saturated carbocycles. The third-order valence-electron chi connectivity index (χ3n) is 3.86. The molecule has 0 saturated heterocycles. The Balaban J connectivity index is 2.33. The first-order chi connectivity index (χ1) is 10.2. The molecule has 3 N–H and O–H groups in total. The Morgan fingerprint density at radius 3 is 2.62 bits per heavy atom. The molecule has 0 atom stereocenters. The largest absolute Gasteiger partial charge is 0.357 e. The van der Waals surface area contributed by atoms with Crippen molar-refractivity contribution in [1.82, 2.24) is 20.8 Å². The fraction of sp³-hybridized carbons (Fsp3) is 0.750. The first-order valence-electron chi connectivity index (χ1n) is 8.22. The molecule has 0 fully saturated rings. The number of H-pyrrole nitrogens is 1. The van der Waals surface area contributed by atoms with E-state index < -0.39 is 0 Å². The number of hydrogen-bond acceptors (Lipinski definition) is 2. The average Bonchev–Trinajstić information content (AvgIpc) is 2.89. The van der Waals surface area contributed by atoms with Crippen molar-refractivity contribution in [2.45, 2.75) is 53.4 Å². The SMILES string of the molecule is CCNC(=NCC(CC)CC)NCCCc1cn[nH]c1C. The van der Waals surface area contributed by atoms with Crippen LogP contribution in [0.2, 0.25) is 0 Å². The zero-order valence-electron chi connectivity index (χ0n) is 14.0. The van der Waals surface area contributed by atoms with Crippen molar-refractivity contribution in [3.63, 3.8) is 0 Å². The van der Waals surface area contributed by atoms with Crippen molar-refractivity contribution in [2.75, 3.05) is 19.6 Å². The van der Waals surface area contributed by atoms with E-state index in [0.29, 0.717) is 5.92 Å². The number of aromatic nitrogens is 2. The molecule has 1 heterocycles. The molecule has 0 aliphatic rings. The lowest BCUT2D eigenvalue weighted by Gasteiger charge is -2.13. The highest BCUT2D eigenvalue weighted by Gasteiger charge is 2.04. The third kappa shape index (κ3) is 6.65. The van der Waals surface area contributed by atoms with Crippen LogP contribution in [0.5, 0.6) is 0 Å². The quantitative estimate of drug-likeness (QED) is 0.372. The van der Waals surface area contributed by atoms with Crippen molar-refractivity contribution in [3.05, 3.63) is 17.5 Å². The van der Waals surface area contributed by atoms with Gasteiger partial charge in [0.1, 0.15) is 0 Å². The summed E-state index contributed by atoms with van der Waals surface area (Å²) in [5.41, 5.74) is 2.47. The van der Waals surface area contributed by atoms with E-state index in [9.17, 15) is 0 Å². The van der Waals surface area contributed by atoms with Gasteiger partial charge in [-0.3, -0.25) is 10.1 Å². The van der Waals surface area contributed by atoms with Crippen molar-refractivity contribution < 1.29 is 0 Å². The maximum Gasteiger partial charge on any atom is 0.191 e. The molecule has 0 aliphatic heterocycles. The highest BCUT2D eigenvalue weighted by atomic mass is 15.2. The molecule has 21 heavy (non-hydrogen) atoms. The monoisotopic (exact) mass is 293 g/mol. The summed E-state index contributed by atoms with van der Waals surface area (Å²) in [7, 11) is 0. The maximum absolute atomic E-state index is 4.68. The zero-order valence-corrected chi connectivity index (χ0v) is 14.0. The van der Waals surface area contributed by atoms with E-state index in [1.54, 1.807) is 0 Å². The smallest absolute Gasteiger partial charge is 0.191 e. The minimum absolute atomic E-state index is 0.689. The van der Waals surface area contributed by atoms with Crippen LogP contribution in [0.3, 0.4) is 0 Å². The Hall–Kier alpha value is -1.52. The van der Waals surface area contributed by atoms with Crippen molar-refractivity contribution >= 4 is 5.96 Å². The lowest BCUT2D eigenvalue weighted by Crippen LogP contribution is -2.38. The second kappa shape index (κ2) is 10.2. The molecule has 0 aromatic carbocycles. The van der Waals surface area contributed by atoms with Gasteiger partial charge in [0.05, 0.1) is 6.20 Å². The van der Waals surface area contributed by atoms with Crippen LogP contribution in [0.4, 0.5) is 0 Å². The molecule has 0 bridgehead atoms. The molecular weight excluding hydrogens is 262 g/mol. The van der Waals surface area contributed by atoms with Gasteiger partial charge in [0.2, 0.25) is 0 Å². The van der Waals surface area contributed by atoms with Crippen molar-refractivity contribution in [3.8, 4) is 0 Å². The number of hydrogen-bond donors (Lipinski definition) is 3. The summed E-state index contributed by atoms with van der Waals surface area (Å²) in [4.78, 5) is 4.68. The zero-order chi connectivity index (χ0) is 15.5. The lowest BCUT2D eigenvalue weighted by atomic mass is 10.0. The van der Waals surface area contributed by atoms with Crippen molar-refractivity contribution in [1.29, 1.82) is 0 Å². The molecule has 0 radical (unpaired) electrons. The van der Waals surface area contributed by atoms with Crippen molar-refractivity contribution in [2.24, 2.45) is 10.9 Å². The topological polar surface area (TPSA) is 65.1 Å². The average molecular weight is 293 g/mol. The van der Waals surface area contributed by atoms with Gasteiger partial charge in [-0.25, -0.2) is 0 Å². The molecule has 1 aromatic rings. The van der Waals surface area contributed by atoms with Gasteiger partial charge in [-0.2, -0.15) is 5.10 Å². The first kappa shape index (κ1) is 17.5. The van der Waals surface area contributed by atoms with Crippen LogP contribution in [0.15, 0.2) is 11.2 Å². The van der Waals surface area contributed by atoms with E-state index in [0.717, 1.165) is 38.4 Å². The maximum atomic E-state index is 4.68. The number of nitrogens with zero attached hydrogens (tertiary/aromatic N) is 2. The number of aliphatic imine (C=N–C) groups is 1. The summed E-state index contributed by atoms with van der Waals surface area (Å²) in [5.74, 6) is 1.63. The van der Waals surface area contributed by atoms with Crippen LogP contribution in [0.25, 0.3) is 0 Å². The standard InChI is InChI=1S/C16H31N5/c1-5-14(6-2)11-19-16(17-7-3)18-10-8-9-15-12-20-21-13(15)4/h12,14H,5-11H2,1-4H3,(H,20,21)(H2,17,18,19). The van der Waals surface area contributed by atoms with Gasteiger partial charge in [-0.15, -0.1) is 0 Å². The number of guanidine groups is 1. The Morgan fingerprint density at radius 2 is 2.05 bits per heavy atom. The molecule has 0 aliphatic carbocycles. The Labute approximate surface area is 129 Å². The lowest BCUT2D eigenvalue weighted by molar-refractivity contribution is 0.504. The van der Waals surface area contributed by atoms with Crippen LogP contribution in [0.1, 0.15) is 51.3 Å². The second-order valence-electron chi connectivity index (χ2n) is 5.45. The van der Waals surface area contributed by atoms with Gasteiger partial charge in [0, 0.05) is 25.3 Å². The van der Waals surface area contributed by atoms with Crippen LogP contribution in [-0.4, -0.2) is 35.8 Å². The molecule has 120 valence electrons. The van der Waals surface area contributed by atoms with Gasteiger partial charge < -0.3 is 10.6 Å². The highest BCUT2D eigenvalue weighted by Crippen LogP contribution is 2.07. The number of nitrogens with one attached hydrogen (secondary N) is 3. The summed E-state index contributed by atoms with van der Waals surface area (Å²) in [5, 5.41) is 13.8. The van der Waals surface area contributed by atoms with E-state index in [4.69, 9.17) is 0 Å². The van der Waals surface area contributed by atoms with Gasteiger partial charge in [-0.05, 0) is 38.2 Å². The Bertz CT molecular complexity index is 407.